The first kappa shape index (κ1) is 11.8. The van der Waals surface area contributed by atoms with Gasteiger partial charge >= 0.3 is 0 Å². The molecule has 0 saturated heterocycles. The van der Waals surface area contributed by atoms with E-state index in [1.165, 1.54) is 0 Å². The minimum atomic E-state index is 0.690. The lowest BCUT2D eigenvalue weighted by molar-refractivity contribution is 0.354. The molecule has 0 atom stereocenters. The minimum absolute atomic E-state index is 0.690. The molecule has 0 spiro atoms. The average Bonchev–Trinajstić information content (AvgIpc) is 2.27. The maximum Gasteiger partial charge on any atom is 0.161 e. The molecule has 4 heteroatoms. The lowest BCUT2D eigenvalue weighted by Gasteiger charge is -2.13. The lowest BCUT2D eigenvalue weighted by atomic mass is 10.1. The molecule has 82 valence electrons. The van der Waals surface area contributed by atoms with Crippen molar-refractivity contribution in [2.75, 3.05) is 21.3 Å². The smallest absolute Gasteiger partial charge is 0.161 e. The molecular formula is C11H15NO2S. The Balaban J connectivity index is 3.25. The van der Waals surface area contributed by atoms with Crippen molar-refractivity contribution >= 4 is 17.2 Å². The second-order valence-electron chi connectivity index (χ2n) is 3.10. The van der Waals surface area contributed by atoms with E-state index in [1.54, 1.807) is 21.3 Å². The van der Waals surface area contributed by atoms with Crippen LogP contribution in [0.25, 0.3) is 0 Å². The fourth-order valence-corrected chi connectivity index (χ4v) is 1.58. The van der Waals surface area contributed by atoms with Gasteiger partial charge in [0.1, 0.15) is 4.99 Å². The highest BCUT2D eigenvalue weighted by molar-refractivity contribution is 7.80. The summed E-state index contributed by atoms with van der Waals surface area (Å²) in [6.07, 6.45) is 0. The quantitative estimate of drug-likeness (QED) is 0.796. The van der Waals surface area contributed by atoms with Crippen molar-refractivity contribution in [1.82, 2.24) is 5.32 Å². The minimum Gasteiger partial charge on any atom is -0.493 e. The molecule has 0 heterocycles. The summed E-state index contributed by atoms with van der Waals surface area (Å²) in [5, 5.41) is 2.95. The van der Waals surface area contributed by atoms with Gasteiger partial charge in [-0.1, -0.05) is 12.2 Å². The van der Waals surface area contributed by atoms with Crippen molar-refractivity contribution in [1.29, 1.82) is 0 Å². The van der Waals surface area contributed by atoms with Gasteiger partial charge in [0.25, 0.3) is 0 Å². The zero-order valence-corrected chi connectivity index (χ0v) is 10.2. The van der Waals surface area contributed by atoms with Gasteiger partial charge in [0.05, 0.1) is 14.2 Å². The summed E-state index contributed by atoms with van der Waals surface area (Å²) in [5.74, 6) is 1.41. The van der Waals surface area contributed by atoms with Crippen LogP contribution in [-0.2, 0) is 0 Å². The Morgan fingerprint density at radius 3 is 2.20 bits per heavy atom. The first-order valence-corrected chi connectivity index (χ1v) is 4.99. The van der Waals surface area contributed by atoms with Crippen LogP contribution in [-0.4, -0.2) is 26.3 Å². The second-order valence-corrected chi connectivity index (χ2v) is 3.51. The Morgan fingerprint density at radius 2 is 1.73 bits per heavy atom. The summed E-state index contributed by atoms with van der Waals surface area (Å²) < 4.78 is 10.4. The fraction of sp³-hybridized carbons (Fsp3) is 0.364. The monoisotopic (exact) mass is 225 g/mol. The highest BCUT2D eigenvalue weighted by Gasteiger charge is 2.10. The van der Waals surface area contributed by atoms with Crippen molar-refractivity contribution in [3.05, 3.63) is 23.3 Å². The van der Waals surface area contributed by atoms with Crippen LogP contribution in [0.2, 0.25) is 0 Å². The van der Waals surface area contributed by atoms with E-state index < -0.39 is 0 Å². The van der Waals surface area contributed by atoms with E-state index in [-0.39, 0.29) is 0 Å². The Morgan fingerprint density at radius 1 is 1.20 bits per heavy atom. The van der Waals surface area contributed by atoms with E-state index in [0.717, 1.165) is 16.9 Å². The molecule has 0 saturated carbocycles. The Kier molecular flexibility index (Phi) is 3.91. The van der Waals surface area contributed by atoms with Crippen molar-refractivity contribution < 1.29 is 9.47 Å². The maximum atomic E-state index is 5.21. The summed E-state index contributed by atoms with van der Waals surface area (Å²) >= 11 is 5.19. The topological polar surface area (TPSA) is 30.5 Å². The fourth-order valence-electron chi connectivity index (χ4n) is 1.36. The van der Waals surface area contributed by atoms with Gasteiger partial charge in [-0.2, -0.15) is 0 Å². The number of aryl methyl sites for hydroxylation is 1. The van der Waals surface area contributed by atoms with Gasteiger partial charge in [-0.15, -0.1) is 0 Å². The summed E-state index contributed by atoms with van der Waals surface area (Å²) in [6, 6.07) is 3.80. The second kappa shape index (κ2) is 4.98. The average molecular weight is 225 g/mol. The largest absolute Gasteiger partial charge is 0.493 e. The third-order valence-corrected chi connectivity index (χ3v) is 2.63. The van der Waals surface area contributed by atoms with E-state index >= 15 is 0 Å². The van der Waals surface area contributed by atoms with Crippen LogP contribution in [0.1, 0.15) is 11.1 Å². The van der Waals surface area contributed by atoms with Gasteiger partial charge in [-0.25, -0.2) is 0 Å². The lowest BCUT2D eigenvalue weighted by Crippen LogP contribution is -2.17. The predicted molar refractivity (Wildman–Crippen MR) is 65.0 cm³/mol. The molecule has 0 amide bonds. The molecule has 1 aromatic carbocycles. The van der Waals surface area contributed by atoms with Crippen LogP contribution in [0.3, 0.4) is 0 Å². The highest BCUT2D eigenvalue weighted by atomic mass is 32.1. The number of thiocarbonyl (C=S) groups is 1. The Labute approximate surface area is 95.4 Å². The molecule has 0 unspecified atom stereocenters. The molecule has 1 rings (SSSR count). The van der Waals surface area contributed by atoms with Crippen molar-refractivity contribution in [3.8, 4) is 11.5 Å². The Hall–Kier alpha value is -1.29. The molecule has 3 nitrogen and oxygen atoms in total. The summed E-state index contributed by atoms with van der Waals surface area (Å²) in [4.78, 5) is 0.702. The zero-order valence-electron chi connectivity index (χ0n) is 9.38. The molecular weight excluding hydrogens is 210 g/mol. The van der Waals surface area contributed by atoms with Gasteiger partial charge in [0, 0.05) is 12.6 Å². The zero-order chi connectivity index (χ0) is 11.4. The number of hydrogen-bond acceptors (Lipinski definition) is 3. The molecule has 0 bridgehead atoms. The summed E-state index contributed by atoms with van der Waals surface area (Å²) in [5.41, 5.74) is 2.03. The number of benzene rings is 1. The number of nitrogens with one attached hydrogen (secondary N) is 1. The van der Waals surface area contributed by atoms with Gasteiger partial charge in [-0.05, 0) is 24.6 Å². The molecule has 0 aliphatic heterocycles. The van der Waals surface area contributed by atoms with Gasteiger partial charge < -0.3 is 14.8 Å². The van der Waals surface area contributed by atoms with E-state index in [4.69, 9.17) is 21.7 Å². The molecule has 0 radical (unpaired) electrons. The Bertz CT molecular complexity index is 377. The van der Waals surface area contributed by atoms with E-state index in [2.05, 4.69) is 5.32 Å². The van der Waals surface area contributed by atoms with Crippen LogP contribution in [0.15, 0.2) is 12.1 Å². The first-order valence-electron chi connectivity index (χ1n) is 4.58. The van der Waals surface area contributed by atoms with E-state index in [1.807, 2.05) is 19.1 Å². The normalized spacial score (nSPS) is 9.60. The van der Waals surface area contributed by atoms with Gasteiger partial charge in [0.2, 0.25) is 0 Å². The molecule has 0 fully saturated rings. The molecule has 15 heavy (non-hydrogen) atoms. The van der Waals surface area contributed by atoms with Gasteiger partial charge in [0.15, 0.2) is 11.5 Å². The number of methoxy groups -OCH3 is 2. The number of hydrogen-bond donors (Lipinski definition) is 1. The van der Waals surface area contributed by atoms with Crippen LogP contribution in [0.5, 0.6) is 11.5 Å². The highest BCUT2D eigenvalue weighted by Crippen LogP contribution is 2.30. The van der Waals surface area contributed by atoms with Gasteiger partial charge in [-0.3, -0.25) is 0 Å². The molecule has 0 aromatic heterocycles. The standard InChI is InChI=1S/C11H15NO2S/c1-7-5-9(13-3)10(14-4)6-8(7)11(15)12-2/h5-6H,1-4H3,(H,12,15). The third-order valence-electron chi connectivity index (χ3n) is 2.20. The first-order chi connectivity index (χ1) is 7.13. The summed E-state index contributed by atoms with van der Waals surface area (Å²) in [6.45, 7) is 1.99. The van der Waals surface area contributed by atoms with Crippen LogP contribution in [0, 0.1) is 6.92 Å². The molecule has 1 aromatic rings. The SMILES string of the molecule is CNC(=S)c1cc(OC)c(OC)cc1C. The van der Waals surface area contributed by atoms with E-state index in [9.17, 15) is 0 Å². The van der Waals surface area contributed by atoms with Crippen molar-refractivity contribution in [2.45, 2.75) is 6.92 Å². The maximum absolute atomic E-state index is 5.21. The third kappa shape index (κ3) is 2.39. The van der Waals surface area contributed by atoms with E-state index in [0.29, 0.717) is 10.7 Å². The van der Waals surface area contributed by atoms with Crippen LogP contribution in [0.4, 0.5) is 0 Å². The number of rotatable bonds is 3. The van der Waals surface area contributed by atoms with Crippen molar-refractivity contribution in [2.24, 2.45) is 0 Å². The van der Waals surface area contributed by atoms with Crippen molar-refractivity contribution in [3.63, 3.8) is 0 Å². The molecule has 0 aliphatic carbocycles. The predicted octanol–water partition coefficient (Wildman–Crippen LogP) is 1.91. The molecule has 0 aliphatic rings. The van der Waals surface area contributed by atoms with Crippen LogP contribution < -0.4 is 14.8 Å². The summed E-state index contributed by atoms with van der Waals surface area (Å²) in [7, 11) is 5.03. The molecule has 1 N–H and O–H groups in total. The van der Waals surface area contributed by atoms with Crippen LogP contribution >= 0.6 is 12.2 Å². The number of ether oxygens (including phenoxy) is 2.